The molecule has 9 heteroatoms. The van der Waals surface area contributed by atoms with E-state index in [2.05, 4.69) is 5.10 Å². The van der Waals surface area contributed by atoms with E-state index in [4.69, 9.17) is 0 Å². The molecule has 0 bridgehead atoms. The normalized spacial score (nSPS) is 13.8. The van der Waals surface area contributed by atoms with Gasteiger partial charge in [0.2, 0.25) is 0 Å². The van der Waals surface area contributed by atoms with Crippen LogP contribution in [0.4, 0.5) is 8.78 Å². The molecule has 3 heterocycles. The van der Waals surface area contributed by atoms with E-state index in [9.17, 15) is 23.2 Å². The first kappa shape index (κ1) is 24.1. The number of amides is 2. The minimum Gasteiger partial charge on any atom is -0.294 e. The molecule has 2 aromatic heterocycles. The van der Waals surface area contributed by atoms with Gasteiger partial charge in [0.05, 0.1) is 17.8 Å². The topological polar surface area (TPSA) is 79.1 Å². The number of nitrogens with zero attached hydrogens (tertiary/aromatic N) is 3. The Labute approximate surface area is 210 Å². The summed E-state index contributed by atoms with van der Waals surface area (Å²) in [6.45, 7) is 3.63. The van der Waals surface area contributed by atoms with Crippen LogP contribution in [-0.4, -0.2) is 26.5 Å². The van der Waals surface area contributed by atoms with Gasteiger partial charge in [-0.25, -0.2) is 13.5 Å². The number of aromatic nitrogens is 3. The van der Waals surface area contributed by atoms with Crippen LogP contribution < -0.4 is 10.1 Å². The highest BCUT2D eigenvalue weighted by Crippen LogP contribution is 2.33. The fraction of sp³-hybridized carbons (Fsp3) is 0.143. The summed E-state index contributed by atoms with van der Waals surface area (Å²) in [5.41, 5.74) is 0.946. The van der Waals surface area contributed by atoms with Crippen LogP contribution in [0.3, 0.4) is 0 Å². The fourth-order valence-electron chi connectivity index (χ4n) is 4.38. The summed E-state index contributed by atoms with van der Waals surface area (Å²) >= 11 is 0. The van der Waals surface area contributed by atoms with Crippen LogP contribution in [0.5, 0.6) is 0 Å². The second-order valence-electron chi connectivity index (χ2n) is 9.00. The molecule has 0 atom stereocenters. The van der Waals surface area contributed by atoms with Gasteiger partial charge in [0.15, 0.2) is 12.4 Å². The zero-order valence-electron chi connectivity index (χ0n) is 20.1. The van der Waals surface area contributed by atoms with Gasteiger partial charge in [-0.2, -0.15) is 4.57 Å². The van der Waals surface area contributed by atoms with Crippen molar-refractivity contribution in [2.24, 2.45) is 0 Å². The molecule has 7 nitrogen and oxygen atoms in total. The quantitative estimate of drug-likeness (QED) is 0.323. The Morgan fingerprint density at radius 1 is 0.838 bits per heavy atom. The van der Waals surface area contributed by atoms with Gasteiger partial charge in [0.1, 0.15) is 17.2 Å². The van der Waals surface area contributed by atoms with Crippen LogP contribution in [-0.2, 0) is 16.1 Å². The van der Waals surface area contributed by atoms with Crippen LogP contribution in [0, 0.1) is 11.6 Å². The maximum absolute atomic E-state index is 13.8. The standard InChI is InChI=1S/C28H22F2N4O3/c1-17(2)24-22(27(36)34(31-24)21-12-10-20(30)11-13-21)23-25(32-14-4-3-5-15-32)28(37)33(26(23)35)16-18-6-8-19(29)9-7-18/h3-15,17H,16H2,1-2H3/p+1. The van der Waals surface area contributed by atoms with Crippen molar-refractivity contribution in [3.05, 3.63) is 118 Å². The molecular weight excluding hydrogens is 478 g/mol. The Kier molecular flexibility index (Phi) is 6.12. The minimum absolute atomic E-state index is 0.0332. The van der Waals surface area contributed by atoms with E-state index in [1.54, 1.807) is 30.6 Å². The molecular formula is C28H23F2N4O3+. The van der Waals surface area contributed by atoms with Crippen molar-refractivity contribution in [3.63, 3.8) is 0 Å². The number of benzene rings is 2. The highest BCUT2D eigenvalue weighted by atomic mass is 19.1. The first-order chi connectivity index (χ1) is 17.8. The van der Waals surface area contributed by atoms with E-state index < -0.39 is 29.0 Å². The van der Waals surface area contributed by atoms with Crippen molar-refractivity contribution in [2.45, 2.75) is 26.3 Å². The highest BCUT2D eigenvalue weighted by molar-refractivity contribution is 6.44. The molecule has 0 radical (unpaired) electrons. The molecule has 0 saturated heterocycles. The SMILES string of the molecule is CC(C)c1[nH]n(-c2ccc(F)cc2)c(=O)c1C1=C([n+]2ccccc2)C(=O)N(Cc2ccc(F)cc2)C1=O. The molecule has 0 unspecified atom stereocenters. The van der Waals surface area contributed by atoms with Crippen LogP contribution in [0.15, 0.2) is 83.9 Å². The summed E-state index contributed by atoms with van der Waals surface area (Å²) in [7, 11) is 0. The van der Waals surface area contributed by atoms with Gasteiger partial charge in [-0.15, -0.1) is 0 Å². The second-order valence-corrected chi connectivity index (χ2v) is 9.00. The third-order valence-electron chi connectivity index (χ3n) is 6.20. The number of carbonyl (C=O) groups is 2. The first-order valence-electron chi connectivity index (χ1n) is 11.7. The summed E-state index contributed by atoms with van der Waals surface area (Å²) < 4.78 is 29.7. The molecule has 0 saturated carbocycles. The number of H-pyrrole nitrogens is 1. The van der Waals surface area contributed by atoms with Crippen LogP contribution in [0.2, 0.25) is 0 Å². The van der Waals surface area contributed by atoms with E-state index in [0.717, 1.165) is 4.90 Å². The molecule has 186 valence electrons. The molecule has 1 N–H and O–H groups in total. The highest BCUT2D eigenvalue weighted by Gasteiger charge is 2.47. The van der Waals surface area contributed by atoms with E-state index in [1.807, 2.05) is 13.8 Å². The van der Waals surface area contributed by atoms with Crippen molar-refractivity contribution in [2.75, 3.05) is 0 Å². The lowest BCUT2D eigenvalue weighted by atomic mass is 9.98. The van der Waals surface area contributed by atoms with Gasteiger partial charge in [0.25, 0.3) is 17.2 Å². The Bertz CT molecular complexity index is 1590. The smallest absolute Gasteiger partial charge is 0.294 e. The lowest BCUT2D eigenvalue weighted by Crippen LogP contribution is -2.39. The van der Waals surface area contributed by atoms with Gasteiger partial charge < -0.3 is 0 Å². The zero-order valence-corrected chi connectivity index (χ0v) is 20.1. The molecule has 0 fully saturated rings. The van der Waals surface area contributed by atoms with Gasteiger partial charge in [-0.05, 0) is 47.9 Å². The Balaban J connectivity index is 1.71. The van der Waals surface area contributed by atoms with Crippen LogP contribution in [0.25, 0.3) is 17.0 Å². The predicted molar refractivity (Wildman–Crippen MR) is 132 cm³/mol. The van der Waals surface area contributed by atoms with Crippen molar-refractivity contribution < 1.29 is 22.9 Å². The van der Waals surface area contributed by atoms with Gasteiger partial charge >= 0.3 is 5.91 Å². The third kappa shape index (κ3) is 4.29. The monoisotopic (exact) mass is 501 g/mol. The van der Waals surface area contributed by atoms with E-state index in [-0.39, 0.29) is 29.3 Å². The molecule has 5 rings (SSSR count). The van der Waals surface area contributed by atoms with Crippen molar-refractivity contribution in [1.29, 1.82) is 0 Å². The van der Waals surface area contributed by atoms with Crippen molar-refractivity contribution in [1.82, 2.24) is 14.7 Å². The molecule has 37 heavy (non-hydrogen) atoms. The summed E-state index contributed by atoms with van der Waals surface area (Å²) in [5, 5.41) is 3.05. The van der Waals surface area contributed by atoms with E-state index >= 15 is 0 Å². The maximum atomic E-state index is 13.8. The van der Waals surface area contributed by atoms with Crippen molar-refractivity contribution >= 4 is 23.1 Å². The second kappa shape index (κ2) is 9.42. The van der Waals surface area contributed by atoms with E-state index in [0.29, 0.717) is 16.9 Å². The number of pyridine rings is 1. The van der Waals surface area contributed by atoms with Crippen molar-refractivity contribution in [3.8, 4) is 5.69 Å². The van der Waals surface area contributed by atoms with Gasteiger partial charge in [0, 0.05) is 17.8 Å². The van der Waals surface area contributed by atoms with Crippen LogP contribution in [0.1, 0.15) is 36.6 Å². The van der Waals surface area contributed by atoms with Gasteiger partial charge in [-0.3, -0.25) is 24.4 Å². The number of halogens is 2. The Morgan fingerprint density at radius 3 is 2.03 bits per heavy atom. The molecule has 0 aliphatic carbocycles. The predicted octanol–water partition coefficient (Wildman–Crippen LogP) is 3.79. The maximum Gasteiger partial charge on any atom is 0.327 e. The lowest BCUT2D eigenvalue weighted by Gasteiger charge is -2.14. The number of aromatic amines is 1. The molecule has 4 aromatic rings. The number of imide groups is 1. The number of rotatable bonds is 6. The zero-order chi connectivity index (χ0) is 26.3. The largest absolute Gasteiger partial charge is 0.327 e. The number of hydrogen-bond donors (Lipinski definition) is 1. The molecule has 2 amide bonds. The number of hydrogen-bond acceptors (Lipinski definition) is 3. The fourth-order valence-corrected chi connectivity index (χ4v) is 4.38. The average molecular weight is 502 g/mol. The molecule has 0 spiro atoms. The Morgan fingerprint density at radius 2 is 1.43 bits per heavy atom. The molecule has 1 aliphatic heterocycles. The molecule has 1 aliphatic rings. The first-order valence-corrected chi connectivity index (χ1v) is 11.7. The summed E-state index contributed by atoms with van der Waals surface area (Å²) in [6.07, 6.45) is 3.25. The van der Waals surface area contributed by atoms with Gasteiger partial charge in [-0.1, -0.05) is 32.0 Å². The third-order valence-corrected chi connectivity index (χ3v) is 6.20. The summed E-state index contributed by atoms with van der Waals surface area (Å²) in [5.74, 6) is -2.31. The van der Waals surface area contributed by atoms with E-state index in [1.165, 1.54) is 57.8 Å². The minimum atomic E-state index is -0.634. The summed E-state index contributed by atoms with van der Waals surface area (Å²) in [6, 6.07) is 16.1. The van der Waals surface area contributed by atoms with Crippen LogP contribution >= 0.6 is 0 Å². The molecule has 2 aromatic carbocycles. The lowest BCUT2D eigenvalue weighted by molar-refractivity contribution is -0.576. The number of nitrogens with one attached hydrogen (secondary N) is 1. The Hall–Kier alpha value is -4.66. The average Bonchev–Trinajstić information content (AvgIpc) is 3.35. The number of carbonyl (C=O) groups excluding carboxylic acids is 2. The summed E-state index contributed by atoms with van der Waals surface area (Å²) in [4.78, 5) is 42.3.